The van der Waals surface area contributed by atoms with Gasteiger partial charge in [-0.2, -0.15) is 0 Å². The minimum atomic E-state index is 0.163. The molecule has 0 bridgehead atoms. The van der Waals surface area contributed by atoms with Crippen LogP contribution in [0.15, 0.2) is 36.7 Å². The molecule has 1 unspecified atom stereocenters. The first kappa shape index (κ1) is 12.7. The van der Waals surface area contributed by atoms with Gasteiger partial charge in [-0.1, -0.05) is 25.1 Å². The van der Waals surface area contributed by atoms with Crippen LogP contribution >= 0.6 is 0 Å². The maximum atomic E-state index is 12.3. The maximum absolute atomic E-state index is 12.3. The Balaban J connectivity index is 2.28. The first-order valence-electron chi connectivity index (χ1n) is 6.07. The lowest BCUT2D eigenvalue weighted by molar-refractivity contribution is 0.0921. The molecule has 0 amide bonds. The molecule has 2 rings (SSSR count). The molecule has 18 heavy (non-hydrogen) atoms. The lowest BCUT2D eigenvalue weighted by Gasteiger charge is -2.10. The molecule has 0 spiro atoms. The van der Waals surface area contributed by atoms with Gasteiger partial charge in [0, 0.05) is 43.5 Å². The fraction of sp³-hybridized carbons (Fsp3) is 0.333. The summed E-state index contributed by atoms with van der Waals surface area (Å²) in [6.07, 6.45) is 4.01. The molecule has 0 N–H and O–H groups in total. The van der Waals surface area contributed by atoms with Crippen LogP contribution in [0.5, 0.6) is 0 Å². The lowest BCUT2D eigenvalue weighted by atomic mass is 9.96. The summed E-state index contributed by atoms with van der Waals surface area (Å²) in [5.74, 6) is 0.399. The first-order chi connectivity index (χ1) is 8.72. The van der Waals surface area contributed by atoms with Gasteiger partial charge < -0.3 is 4.74 Å². The molecule has 0 aliphatic rings. The van der Waals surface area contributed by atoms with Gasteiger partial charge in [0.05, 0.1) is 0 Å². The average Bonchev–Trinajstić information content (AvgIpc) is 2.38. The number of carbonyl (C=O) groups is 1. The third-order valence-electron chi connectivity index (χ3n) is 2.97. The molecule has 0 radical (unpaired) electrons. The number of ether oxygens (including phenoxy) is 1. The van der Waals surface area contributed by atoms with Crippen molar-refractivity contribution in [1.82, 2.24) is 4.98 Å². The van der Waals surface area contributed by atoms with E-state index in [1.807, 2.05) is 31.2 Å². The monoisotopic (exact) mass is 243 g/mol. The zero-order valence-corrected chi connectivity index (χ0v) is 10.7. The number of fused-ring (bicyclic) bond motifs is 1. The molecule has 1 aromatic heterocycles. The summed E-state index contributed by atoms with van der Waals surface area (Å²) in [5, 5.41) is 1.98. The van der Waals surface area contributed by atoms with Gasteiger partial charge in [-0.05, 0) is 17.4 Å². The molecular weight excluding hydrogens is 226 g/mol. The van der Waals surface area contributed by atoms with Gasteiger partial charge in [0.15, 0.2) is 5.78 Å². The summed E-state index contributed by atoms with van der Waals surface area (Å²) in [4.78, 5) is 16.3. The fourth-order valence-electron chi connectivity index (χ4n) is 2.14. The Morgan fingerprint density at radius 1 is 1.39 bits per heavy atom. The molecule has 3 heteroatoms. The Kier molecular flexibility index (Phi) is 4.05. The van der Waals surface area contributed by atoms with Crippen molar-refractivity contribution in [2.75, 3.05) is 13.7 Å². The van der Waals surface area contributed by atoms with E-state index >= 15 is 0 Å². The Morgan fingerprint density at radius 2 is 2.22 bits per heavy atom. The second kappa shape index (κ2) is 5.74. The second-order valence-corrected chi connectivity index (χ2v) is 4.59. The minimum Gasteiger partial charge on any atom is -0.384 e. The van der Waals surface area contributed by atoms with Crippen LogP contribution in [0.2, 0.25) is 0 Å². The second-order valence-electron chi connectivity index (χ2n) is 4.59. The van der Waals surface area contributed by atoms with Crippen LogP contribution in [0.3, 0.4) is 0 Å². The average molecular weight is 243 g/mol. The maximum Gasteiger partial charge on any atom is 0.163 e. The van der Waals surface area contributed by atoms with E-state index in [0.29, 0.717) is 13.0 Å². The van der Waals surface area contributed by atoms with Crippen LogP contribution in [0.4, 0.5) is 0 Å². The molecule has 1 atom stereocenters. The van der Waals surface area contributed by atoms with Crippen LogP contribution in [-0.2, 0) is 4.74 Å². The van der Waals surface area contributed by atoms with Gasteiger partial charge in [0.2, 0.25) is 0 Å². The molecule has 94 valence electrons. The molecule has 0 fully saturated rings. The van der Waals surface area contributed by atoms with Crippen molar-refractivity contribution < 1.29 is 9.53 Å². The van der Waals surface area contributed by atoms with Crippen molar-refractivity contribution in [3.63, 3.8) is 0 Å². The Bertz CT molecular complexity index is 546. The summed E-state index contributed by atoms with van der Waals surface area (Å²) in [6, 6.07) is 7.64. The number of hydrogen-bond acceptors (Lipinski definition) is 3. The number of carbonyl (C=O) groups excluding carboxylic acids is 1. The van der Waals surface area contributed by atoms with Gasteiger partial charge in [-0.15, -0.1) is 0 Å². The van der Waals surface area contributed by atoms with Crippen LogP contribution < -0.4 is 0 Å². The molecule has 1 heterocycles. The van der Waals surface area contributed by atoms with Crippen molar-refractivity contribution in [3.05, 3.63) is 42.2 Å². The van der Waals surface area contributed by atoms with Crippen molar-refractivity contribution in [2.45, 2.75) is 13.3 Å². The van der Waals surface area contributed by atoms with E-state index in [2.05, 4.69) is 4.98 Å². The zero-order valence-electron chi connectivity index (χ0n) is 10.7. The van der Waals surface area contributed by atoms with E-state index in [1.54, 1.807) is 19.5 Å². The molecule has 3 nitrogen and oxygen atoms in total. The van der Waals surface area contributed by atoms with Crippen molar-refractivity contribution in [2.24, 2.45) is 5.92 Å². The largest absolute Gasteiger partial charge is 0.384 e. The molecule has 1 aromatic carbocycles. The number of ketones is 1. The third-order valence-corrected chi connectivity index (χ3v) is 2.97. The highest BCUT2D eigenvalue weighted by molar-refractivity contribution is 6.07. The molecule has 0 aliphatic carbocycles. The molecule has 0 saturated carbocycles. The first-order valence-corrected chi connectivity index (χ1v) is 6.07. The summed E-state index contributed by atoms with van der Waals surface area (Å²) < 4.78 is 5.07. The number of rotatable bonds is 5. The normalized spacial score (nSPS) is 12.6. The minimum absolute atomic E-state index is 0.163. The highest BCUT2D eigenvalue weighted by atomic mass is 16.5. The molecule has 2 aromatic rings. The number of nitrogens with zero attached hydrogens (tertiary/aromatic N) is 1. The van der Waals surface area contributed by atoms with Gasteiger partial charge in [0.1, 0.15) is 0 Å². The topological polar surface area (TPSA) is 39.2 Å². The van der Waals surface area contributed by atoms with Gasteiger partial charge in [-0.25, -0.2) is 0 Å². The van der Waals surface area contributed by atoms with E-state index < -0.39 is 0 Å². The van der Waals surface area contributed by atoms with E-state index in [9.17, 15) is 4.79 Å². The molecule has 0 aliphatic heterocycles. The fourth-order valence-corrected chi connectivity index (χ4v) is 2.14. The van der Waals surface area contributed by atoms with E-state index in [1.165, 1.54) is 0 Å². The number of Topliss-reactive ketones (excluding diaryl/α,β-unsaturated/α-hetero) is 1. The predicted octanol–water partition coefficient (Wildman–Crippen LogP) is 3.09. The van der Waals surface area contributed by atoms with Gasteiger partial charge in [0.25, 0.3) is 0 Å². The quantitative estimate of drug-likeness (QED) is 0.757. The zero-order chi connectivity index (χ0) is 13.0. The number of pyridine rings is 1. The Morgan fingerprint density at radius 3 is 3.00 bits per heavy atom. The van der Waals surface area contributed by atoms with Crippen LogP contribution in [0, 0.1) is 5.92 Å². The number of hydrogen-bond donors (Lipinski definition) is 0. The van der Waals surface area contributed by atoms with Crippen molar-refractivity contribution in [3.8, 4) is 0 Å². The number of aromatic nitrogens is 1. The van der Waals surface area contributed by atoms with Crippen LogP contribution in [0.25, 0.3) is 10.8 Å². The van der Waals surface area contributed by atoms with Crippen LogP contribution in [-0.4, -0.2) is 24.5 Å². The highest BCUT2D eigenvalue weighted by Crippen LogP contribution is 2.20. The van der Waals surface area contributed by atoms with Crippen molar-refractivity contribution in [1.29, 1.82) is 0 Å². The number of methoxy groups -OCH3 is 1. The van der Waals surface area contributed by atoms with E-state index in [0.717, 1.165) is 16.3 Å². The van der Waals surface area contributed by atoms with Crippen molar-refractivity contribution >= 4 is 16.6 Å². The van der Waals surface area contributed by atoms with Gasteiger partial charge >= 0.3 is 0 Å². The summed E-state index contributed by atoms with van der Waals surface area (Å²) >= 11 is 0. The third kappa shape index (κ3) is 2.74. The molecular formula is C15H17NO2. The highest BCUT2D eigenvalue weighted by Gasteiger charge is 2.13. The molecule has 0 saturated heterocycles. The Hall–Kier alpha value is -1.74. The Labute approximate surface area is 107 Å². The SMILES string of the molecule is COCC(C)CC(=O)c1cccc2cnccc12. The van der Waals surface area contributed by atoms with E-state index in [4.69, 9.17) is 4.74 Å². The smallest absolute Gasteiger partial charge is 0.163 e. The standard InChI is InChI=1S/C15H17NO2/c1-11(10-18-2)8-15(17)14-5-3-4-12-9-16-7-6-13(12)14/h3-7,9,11H,8,10H2,1-2H3. The summed E-state index contributed by atoms with van der Waals surface area (Å²) in [7, 11) is 1.66. The summed E-state index contributed by atoms with van der Waals surface area (Å²) in [6.45, 7) is 2.63. The number of benzene rings is 1. The van der Waals surface area contributed by atoms with Crippen LogP contribution in [0.1, 0.15) is 23.7 Å². The summed E-state index contributed by atoms with van der Waals surface area (Å²) in [5.41, 5.74) is 0.776. The van der Waals surface area contributed by atoms with Gasteiger partial charge in [-0.3, -0.25) is 9.78 Å². The predicted molar refractivity (Wildman–Crippen MR) is 71.7 cm³/mol. The van der Waals surface area contributed by atoms with E-state index in [-0.39, 0.29) is 11.7 Å². The lowest BCUT2D eigenvalue weighted by Crippen LogP contribution is -2.11.